The minimum Gasteiger partial charge on any atom is -0.480 e. The van der Waals surface area contributed by atoms with Crippen molar-refractivity contribution >= 4 is 70.9 Å². The van der Waals surface area contributed by atoms with Gasteiger partial charge in [0.1, 0.15) is 48.3 Å². The van der Waals surface area contributed by atoms with Gasteiger partial charge in [0.15, 0.2) is 0 Å². The number of aliphatic carboxylic acids is 1. The first-order valence-electron chi connectivity index (χ1n) is 25.6. The predicted octanol–water partition coefficient (Wildman–Crippen LogP) is -0.414. The van der Waals surface area contributed by atoms with E-state index in [9.17, 15) is 58.2 Å². The fourth-order valence-electron chi connectivity index (χ4n) is 8.56. The van der Waals surface area contributed by atoms with Gasteiger partial charge in [-0.1, -0.05) is 105 Å². The van der Waals surface area contributed by atoms with Crippen molar-refractivity contribution in [2.75, 3.05) is 18.6 Å². The van der Waals surface area contributed by atoms with Crippen LogP contribution in [-0.2, 0) is 67.2 Å². The minimum absolute atomic E-state index is 0.0211. The number of nitrogens with zero attached hydrogens (tertiary/aromatic N) is 1. The number of likely N-dealkylation sites (tertiary alicyclic amines) is 1. The number of carbonyl (C=O) groups excluding carboxylic acids is 9. The van der Waals surface area contributed by atoms with E-state index in [4.69, 9.17) is 11.5 Å². The molecule has 1 heterocycles. The molecule has 3 aromatic rings. The smallest absolute Gasteiger partial charge is 0.326 e. The first kappa shape index (κ1) is 62.2. The molecule has 3 aromatic carbocycles. The second-order valence-corrected chi connectivity index (χ2v) is 20.4. The highest BCUT2D eigenvalue weighted by atomic mass is 32.2. The number of hydrogen-bond acceptors (Lipinski definition) is 13. The molecule has 0 radical (unpaired) electrons. The van der Waals surface area contributed by atoms with Crippen molar-refractivity contribution in [3.63, 3.8) is 0 Å². The molecule has 1 fully saturated rings. The Balaban J connectivity index is 1.47. The van der Waals surface area contributed by atoms with Crippen LogP contribution in [0.2, 0.25) is 0 Å². The number of benzene rings is 3. The lowest BCUT2D eigenvalue weighted by atomic mass is 10.0. The van der Waals surface area contributed by atoms with Crippen molar-refractivity contribution in [2.24, 2.45) is 17.4 Å². The van der Waals surface area contributed by atoms with E-state index in [1.807, 2.05) is 30.3 Å². The van der Waals surface area contributed by atoms with Gasteiger partial charge in [0.25, 0.3) is 0 Å². The highest BCUT2D eigenvalue weighted by molar-refractivity contribution is 7.98. The maximum atomic E-state index is 14.2. The fraction of sp³-hybridized carbons (Fsp3) is 0.481. The standard InChI is InChI=1S/C54H74N10O12S/c1-31(2)44(62-50(71)42-22-15-26-64(42)53(74)37(55)28-34-16-9-6-10-17-34)51(72)63-45(33(4)65)52(73)59-39(25-27-77-5)48(69)58-38(23-24-43(56)66)47(68)60-40(29-35-18-11-7-12-19-35)49(70)57-32(3)46(67)61-41(54(75)76)30-36-20-13-8-14-21-36/h6-14,16-21,31-33,37-42,44-45,65H,15,22-30,55H2,1-5H3,(H2,56,66)(H,57,70)(H,58,69)(H,59,73)(H,60,68)(H,61,67)(H,62,71)(H,63,72)(H,75,76)/t32-,33+,37-,38-,39-,40-,41-,42-,44-,45-/m0/s1. The summed E-state index contributed by atoms with van der Waals surface area (Å²) in [5.41, 5.74) is 13.8. The summed E-state index contributed by atoms with van der Waals surface area (Å²) in [5.74, 6) is -8.72. The zero-order valence-electron chi connectivity index (χ0n) is 44.1. The number of primary amides is 1. The second-order valence-electron chi connectivity index (χ2n) is 19.4. The number of hydrogen-bond donors (Lipinski definition) is 11. The van der Waals surface area contributed by atoms with Gasteiger partial charge in [-0.3, -0.25) is 43.2 Å². The van der Waals surface area contributed by atoms with Crippen LogP contribution in [0.5, 0.6) is 0 Å². The number of nitrogens with two attached hydrogens (primary N) is 2. The maximum Gasteiger partial charge on any atom is 0.326 e. The third-order valence-electron chi connectivity index (χ3n) is 12.9. The summed E-state index contributed by atoms with van der Waals surface area (Å²) in [6.45, 7) is 6.18. The Morgan fingerprint density at radius 2 is 1.06 bits per heavy atom. The van der Waals surface area contributed by atoms with Gasteiger partial charge in [-0.05, 0) is 80.6 Å². The van der Waals surface area contributed by atoms with Crippen LogP contribution in [0.4, 0.5) is 0 Å². The van der Waals surface area contributed by atoms with Crippen LogP contribution in [0.25, 0.3) is 0 Å². The zero-order valence-corrected chi connectivity index (χ0v) is 44.9. The lowest BCUT2D eigenvalue weighted by Crippen LogP contribution is -2.62. The van der Waals surface area contributed by atoms with Crippen molar-refractivity contribution in [3.05, 3.63) is 108 Å². The molecule has 418 valence electrons. The van der Waals surface area contributed by atoms with E-state index in [-0.39, 0.29) is 38.6 Å². The fourth-order valence-corrected chi connectivity index (χ4v) is 9.03. The summed E-state index contributed by atoms with van der Waals surface area (Å²) in [6.07, 6.45) is 0.384. The Bertz CT molecular complexity index is 2490. The quantitative estimate of drug-likeness (QED) is 0.0405. The van der Waals surface area contributed by atoms with E-state index >= 15 is 0 Å². The van der Waals surface area contributed by atoms with E-state index in [0.717, 1.165) is 5.56 Å². The normalized spacial score (nSPS) is 16.6. The Hall–Kier alpha value is -7.37. The molecule has 0 bridgehead atoms. The molecule has 0 saturated carbocycles. The van der Waals surface area contributed by atoms with Gasteiger partial charge in [-0.25, -0.2) is 4.79 Å². The van der Waals surface area contributed by atoms with Gasteiger partial charge in [0.2, 0.25) is 53.2 Å². The van der Waals surface area contributed by atoms with Crippen LogP contribution in [0.15, 0.2) is 91.0 Å². The number of carboxylic acid groups (broad SMARTS) is 1. The highest BCUT2D eigenvalue weighted by Gasteiger charge is 2.40. The van der Waals surface area contributed by atoms with E-state index in [2.05, 4.69) is 37.2 Å². The molecule has 1 saturated heterocycles. The molecule has 1 aliphatic rings. The number of aliphatic hydroxyl groups excluding tert-OH is 1. The Labute approximate surface area is 452 Å². The molecule has 23 heteroatoms. The molecule has 0 spiro atoms. The van der Waals surface area contributed by atoms with Gasteiger partial charge in [-0.2, -0.15) is 11.8 Å². The molecule has 10 atom stereocenters. The summed E-state index contributed by atoms with van der Waals surface area (Å²) in [5, 5.41) is 38.6. The van der Waals surface area contributed by atoms with Crippen LogP contribution in [-0.4, -0.2) is 153 Å². The van der Waals surface area contributed by atoms with Crippen LogP contribution < -0.4 is 48.7 Å². The van der Waals surface area contributed by atoms with Crippen LogP contribution in [0.1, 0.15) is 76.5 Å². The summed E-state index contributed by atoms with van der Waals surface area (Å²) >= 11 is 1.32. The Morgan fingerprint density at radius 1 is 0.597 bits per heavy atom. The lowest BCUT2D eigenvalue weighted by Gasteiger charge is -2.31. The number of rotatable bonds is 30. The van der Waals surface area contributed by atoms with Crippen LogP contribution >= 0.6 is 11.8 Å². The first-order chi connectivity index (χ1) is 36.6. The Kier molecular flexibility index (Phi) is 25.0. The topological polar surface area (TPSA) is 351 Å². The monoisotopic (exact) mass is 1090 g/mol. The third kappa shape index (κ3) is 19.9. The maximum absolute atomic E-state index is 14.2. The molecule has 22 nitrogen and oxygen atoms in total. The predicted molar refractivity (Wildman–Crippen MR) is 288 cm³/mol. The molecule has 13 N–H and O–H groups in total. The second kappa shape index (κ2) is 31.0. The van der Waals surface area contributed by atoms with Crippen molar-refractivity contribution in [1.29, 1.82) is 0 Å². The molecule has 0 aromatic heterocycles. The van der Waals surface area contributed by atoms with E-state index in [0.29, 0.717) is 29.7 Å². The third-order valence-corrected chi connectivity index (χ3v) is 13.5. The number of carbonyl (C=O) groups is 10. The summed E-state index contributed by atoms with van der Waals surface area (Å²) < 4.78 is 0. The van der Waals surface area contributed by atoms with Crippen molar-refractivity contribution in [3.8, 4) is 0 Å². The number of aliphatic hydroxyl groups is 1. The summed E-state index contributed by atoms with van der Waals surface area (Å²) in [6, 6.07) is 14.7. The highest BCUT2D eigenvalue weighted by Crippen LogP contribution is 2.20. The van der Waals surface area contributed by atoms with Gasteiger partial charge in [0, 0.05) is 25.8 Å². The average molecular weight is 1090 g/mol. The van der Waals surface area contributed by atoms with Gasteiger partial charge in [-0.15, -0.1) is 0 Å². The van der Waals surface area contributed by atoms with Crippen molar-refractivity contribution in [1.82, 2.24) is 42.1 Å². The number of nitrogens with one attached hydrogen (secondary N) is 7. The van der Waals surface area contributed by atoms with E-state index in [1.54, 1.807) is 80.8 Å². The number of carboxylic acids is 1. The summed E-state index contributed by atoms with van der Waals surface area (Å²) in [4.78, 5) is 136. The van der Waals surface area contributed by atoms with E-state index < -0.39 is 132 Å². The molecule has 4 rings (SSSR count). The molecule has 0 aliphatic carbocycles. The molecule has 1 aliphatic heterocycles. The Morgan fingerprint density at radius 3 is 1.57 bits per heavy atom. The molecular formula is C54H74N10O12S. The van der Waals surface area contributed by atoms with Crippen molar-refractivity contribution in [2.45, 2.75) is 140 Å². The van der Waals surface area contributed by atoms with E-state index in [1.165, 1.54) is 30.5 Å². The van der Waals surface area contributed by atoms with Gasteiger partial charge in [0.05, 0.1) is 12.1 Å². The SMILES string of the molecule is CSCC[C@H](NC(=O)[C@@H](NC(=O)[C@@H](NC(=O)[C@@H]1CCCN1C(=O)[C@@H](N)Cc1ccccc1)C(C)C)[C@@H](C)O)C(=O)N[C@@H](CCC(N)=O)C(=O)N[C@@H](Cc1ccccc1)C(=O)N[C@@H](C)C(=O)N[C@@H](Cc1ccccc1)C(=O)O. The van der Waals surface area contributed by atoms with Crippen LogP contribution in [0.3, 0.4) is 0 Å². The van der Waals surface area contributed by atoms with Crippen LogP contribution in [0, 0.1) is 5.92 Å². The number of amides is 9. The molecule has 0 unspecified atom stereocenters. The van der Waals surface area contributed by atoms with Gasteiger partial charge >= 0.3 is 5.97 Å². The summed E-state index contributed by atoms with van der Waals surface area (Å²) in [7, 11) is 0. The number of thioether (sulfide) groups is 1. The van der Waals surface area contributed by atoms with Crippen molar-refractivity contribution < 1.29 is 58.2 Å². The lowest BCUT2D eigenvalue weighted by molar-refractivity contribution is -0.142. The minimum atomic E-state index is -1.67. The largest absolute Gasteiger partial charge is 0.480 e. The molecule has 9 amide bonds. The molecular weight excluding hydrogens is 1010 g/mol. The molecule has 77 heavy (non-hydrogen) atoms. The average Bonchev–Trinajstić information content (AvgIpc) is 3.89. The van der Waals surface area contributed by atoms with Gasteiger partial charge < -0.3 is 63.8 Å². The first-order valence-corrected chi connectivity index (χ1v) is 27.0. The zero-order chi connectivity index (χ0) is 56.8.